The van der Waals surface area contributed by atoms with Crippen LogP contribution < -0.4 is 19.7 Å². The Labute approximate surface area is 144 Å². The Hall–Kier alpha value is -3.03. The number of benzene rings is 1. The molecule has 0 unspecified atom stereocenters. The number of ether oxygens (including phenoxy) is 2. The van der Waals surface area contributed by atoms with Gasteiger partial charge in [-0.1, -0.05) is 5.16 Å². The number of carbonyl (C=O) groups is 2. The molecule has 1 saturated heterocycles. The van der Waals surface area contributed by atoms with Crippen LogP contribution in [-0.4, -0.2) is 37.7 Å². The summed E-state index contributed by atoms with van der Waals surface area (Å²) in [6.45, 7) is 1.99. The van der Waals surface area contributed by atoms with Crippen molar-refractivity contribution in [2.24, 2.45) is 5.92 Å². The summed E-state index contributed by atoms with van der Waals surface area (Å²) in [5.41, 5.74) is 0.583. The smallest absolute Gasteiger partial charge is 0.231 e. The minimum absolute atomic E-state index is 0.114. The molecule has 8 heteroatoms. The Morgan fingerprint density at radius 3 is 2.76 bits per heavy atom. The standard InChI is InChI=1S/C17H19N3O5/c1-10-6-15(19-25-10)18-17(22)11-7-16(21)20(9-11)13-8-12(23-2)4-5-14(13)24-3/h4-6,8,11H,7,9H2,1-3H3,(H,18,19,22)/t11-/m0/s1. The van der Waals surface area contributed by atoms with E-state index in [1.807, 2.05) is 0 Å². The molecule has 2 aromatic rings. The van der Waals surface area contributed by atoms with E-state index in [1.54, 1.807) is 43.2 Å². The molecule has 1 aromatic carbocycles. The first-order chi connectivity index (χ1) is 12.0. The summed E-state index contributed by atoms with van der Waals surface area (Å²) >= 11 is 0. The number of methoxy groups -OCH3 is 2. The number of nitrogens with one attached hydrogen (secondary N) is 1. The number of aromatic nitrogens is 1. The maximum absolute atomic E-state index is 12.4. The Kier molecular flexibility index (Phi) is 4.60. The minimum atomic E-state index is -0.486. The number of hydrogen-bond donors (Lipinski definition) is 1. The first kappa shape index (κ1) is 16.8. The molecule has 1 N–H and O–H groups in total. The van der Waals surface area contributed by atoms with Gasteiger partial charge in [-0.15, -0.1) is 0 Å². The lowest BCUT2D eigenvalue weighted by molar-refractivity contribution is -0.122. The monoisotopic (exact) mass is 345 g/mol. The van der Waals surface area contributed by atoms with Gasteiger partial charge in [0.1, 0.15) is 17.3 Å². The number of nitrogens with zero attached hydrogens (tertiary/aromatic N) is 2. The van der Waals surface area contributed by atoms with Gasteiger partial charge in [0.05, 0.1) is 25.8 Å². The fraction of sp³-hybridized carbons (Fsp3) is 0.353. The molecule has 1 aliphatic heterocycles. The highest BCUT2D eigenvalue weighted by atomic mass is 16.5. The first-order valence-electron chi connectivity index (χ1n) is 7.78. The van der Waals surface area contributed by atoms with Crippen molar-refractivity contribution >= 4 is 23.3 Å². The van der Waals surface area contributed by atoms with Gasteiger partial charge in [0, 0.05) is 25.1 Å². The van der Waals surface area contributed by atoms with Gasteiger partial charge < -0.3 is 24.2 Å². The molecular weight excluding hydrogens is 326 g/mol. The van der Waals surface area contributed by atoms with Crippen LogP contribution >= 0.6 is 0 Å². The van der Waals surface area contributed by atoms with Crippen molar-refractivity contribution in [1.82, 2.24) is 5.16 Å². The molecule has 3 rings (SSSR count). The van der Waals surface area contributed by atoms with Gasteiger partial charge in [0.15, 0.2) is 5.82 Å². The maximum atomic E-state index is 12.4. The molecule has 1 aromatic heterocycles. The zero-order valence-corrected chi connectivity index (χ0v) is 14.2. The quantitative estimate of drug-likeness (QED) is 0.891. The summed E-state index contributed by atoms with van der Waals surface area (Å²) in [6.07, 6.45) is 0.114. The third-order valence-electron chi connectivity index (χ3n) is 4.05. The van der Waals surface area contributed by atoms with Gasteiger partial charge in [0.2, 0.25) is 11.8 Å². The number of hydrogen-bond acceptors (Lipinski definition) is 6. The fourth-order valence-electron chi connectivity index (χ4n) is 2.78. The van der Waals surface area contributed by atoms with Crippen molar-refractivity contribution in [1.29, 1.82) is 0 Å². The lowest BCUT2D eigenvalue weighted by Crippen LogP contribution is -2.28. The number of rotatable bonds is 5. The Morgan fingerprint density at radius 2 is 2.12 bits per heavy atom. The molecule has 2 heterocycles. The topological polar surface area (TPSA) is 93.9 Å². The predicted molar refractivity (Wildman–Crippen MR) is 89.9 cm³/mol. The van der Waals surface area contributed by atoms with Crippen LogP contribution in [0.15, 0.2) is 28.8 Å². The van der Waals surface area contributed by atoms with Crippen molar-refractivity contribution in [3.05, 3.63) is 30.0 Å². The molecule has 0 radical (unpaired) electrons. The summed E-state index contributed by atoms with van der Waals surface area (Å²) < 4.78 is 15.5. The first-order valence-corrected chi connectivity index (χ1v) is 7.78. The van der Waals surface area contributed by atoms with Gasteiger partial charge in [-0.2, -0.15) is 0 Å². The maximum Gasteiger partial charge on any atom is 0.231 e. The van der Waals surface area contributed by atoms with E-state index in [2.05, 4.69) is 10.5 Å². The average molecular weight is 345 g/mol. The Morgan fingerprint density at radius 1 is 1.32 bits per heavy atom. The highest BCUT2D eigenvalue weighted by Crippen LogP contribution is 2.36. The summed E-state index contributed by atoms with van der Waals surface area (Å²) in [6, 6.07) is 6.82. The number of amides is 2. The van der Waals surface area contributed by atoms with Crippen LogP contribution in [0.1, 0.15) is 12.2 Å². The summed E-state index contributed by atoms with van der Waals surface area (Å²) in [4.78, 5) is 26.4. The zero-order valence-electron chi connectivity index (χ0n) is 14.2. The van der Waals surface area contributed by atoms with E-state index in [4.69, 9.17) is 14.0 Å². The summed E-state index contributed by atoms with van der Waals surface area (Å²) in [5, 5.41) is 6.40. The van der Waals surface area contributed by atoms with Gasteiger partial charge in [-0.05, 0) is 19.1 Å². The molecule has 25 heavy (non-hydrogen) atoms. The zero-order chi connectivity index (χ0) is 18.0. The number of anilines is 2. The van der Waals surface area contributed by atoms with Crippen LogP contribution in [0.4, 0.5) is 11.5 Å². The average Bonchev–Trinajstić information content (AvgIpc) is 3.19. The minimum Gasteiger partial charge on any atom is -0.497 e. The van der Waals surface area contributed by atoms with Crippen LogP contribution in [0.2, 0.25) is 0 Å². The van der Waals surface area contributed by atoms with Gasteiger partial charge in [-0.3, -0.25) is 9.59 Å². The van der Waals surface area contributed by atoms with E-state index in [0.29, 0.717) is 28.8 Å². The molecular formula is C17H19N3O5. The van der Waals surface area contributed by atoms with E-state index in [9.17, 15) is 9.59 Å². The molecule has 0 aliphatic carbocycles. The lowest BCUT2D eigenvalue weighted by atomic mass is 10.1. The van der Waals surface area contributed by atoms with Crippen molar-refractivity contribution < 1.29 is 23.6 Å². The van der Waals surface area contributed by atoms with Gasteiger partial charge in [0.25, 0.3) is 0 Å². The molecule has 0 saturated carbocycles. The number of aryl methyl sites for hydroxylation is 1. The Bertz CT molecular complexity index is 801. The van der Waals surface area contributed by atoms with Crippen molar-refractivity contribution in [3.8, 4) is 11.5 Å². The second kappa shape index (κ2) is 6.84. The van der Waals surface area contributed by atoms with E-state index in [-0.39, 0.29) is 24.8 Å². The molecule has 8 nitrogen and oxygen atoms in total. The molecule has 0 spiro atoms. The lowest BCUT2D eigenvalue weighted by Gasteiger charge is -2.20. The molecule has 0 bridgehead atoms. The second-order valence-corrected chi connectivity index (χ2v) is 5.76. The molecule has 1 fully saturated rings. The van der Waals surface area contributed by atoms with Crippen LogP contribution in [0.3, 0.4) is 0 Å². The van der Waals surface area contributed by atoms with Gasteiger partial charge >= 0.3 is 0 Å². The van der Waals surface area contributed by atoms with E-state index < -0.39 is 5.92 Å². The molecule has 2 amide bonds. The van der Waals surface area contributed by atoms with Crippen molar-refractivity contribution in [2.45, 2.75) is 13.3 Å². The van der Waals surface area contributed by atoms with Crippen LogP contribution in [0.25, 0.3) is 0 Å². The molecule has 1 atom stereocenters. The third kappa shape index (κ3) is 3.42. The highest BCUT2D eigenvalue weighted by Gasteiger charge is 2.36. The van der Waals surface area contributed by atoms with E-state index in [1.165, 1.54) is 7.11 Å². The second-order valence-electron chi connectivity index (χ2n) is 5.76. The molecule has 132 valence electrons. The highest BCUT2D eigenvalue weighted by molar-refractivity contribution is 6.04. The summed E-state index contributed by atoms with van der Waals surface area (Å²) in [5.74, 6) is 1.18. The van der Waals surface area contributed by atoms with Crippen molar-refractivity contribution in [3.63, 3.8) is 0 Å². The van der Waals surface area contributed by atoms with Gasteiger partial charge in [-0.25, -0.2) is 0 Å². The van der Waals surface area contributed by atoms with Crippen LogP contribution in [-0.2, 0) is 9.59 Å². The number of carbonyl (C=O) groups excluding carboxylic acids is 2. The van der Waals surface area contributed by atoms with Crippen LogP contribution in [0.5, 0.6) is 11.5 Å². The summed E-state index contributed by atoms with van der Waals surface area (Å²) in [7, 11) is 3.08. The van der Waals surface area contributed by atoms with Crippen LogP contribution in [0, 0.1) is 12.8 Å². The van der Waals surface area contributed by atoms with Crippen molar-refractivity contribution in [2.75, 3.05) is 31.0 Å². The van der Waals surface area contributed by atoms with E-state index in [0.717, 1.165) is 0 Å². The predicted octanol–water partition coefficient (Wildman–Crippen LogP) is 1.99. The third-order valence-corrected chi connectivity index (χ3v) is 4.05. The SMILES string of the molecule is COc1ccc(OC)c(N2C[C@@H](C(=O)Nc3cc(C)on3)CC2=O)c1. The normalized spacial score (nSPS) is 16.8. The fourth-order valence-corrected chi connectivity index (χ4v) is 2.78. The largest absolute Gasteiger partial charge is 0.497 e. The molecule has 1 aliphatic rings. The Balaban J connectivity index is 1.77. The van der Waals surface area contributed by atoms with E-state index >= 15 is 0 Å².